The van der Waals surface area contributed by atoms with Gasteiger partial charge in [0.2, 0.25) is 11.8 Å². The molecule has 2 aromatic heterocycles. The summed E-state index contributed by atoms with van der Waals surface area (Å²) in [5, 5.41) is 4.00. The SMILES string of the molecule is COc1ccc(Cc2noc(C3C=CC(N)C3)n2)cn1. The van der Waals surface area contributed by atoms with Gasteiger partial charge in [0.05, 0.1) is 13.0 Å². The molecule has 0 saturated carbocycles. The Hall–Kier alpha value is -2.21. The summed E-state index contributed by atoms with van der Waals surface area (Å²) in [6, 6.07) is 3.84. The first-order valence-electron chi connectivity index (χ1n) is 6.50. The van der Waals surface area contributed by atoms with Crippen LogP contribution in [-0.4, -0.2) is 28.3 Å². The van der Waals surface area contributed by atoms with E-state index in [9.17, 15) is 0 Å². The molecule has 20 heavy (non-hydrogen) atoms. The smallest absolute Gasteiger partial charge is 0.233 e. The second-order valence-electron chi connectivity index (χ2n) is 4.83. The normalized spacial score (nSPS) is 21.3. The highest BCUT2D eigenvalue weighted by Crippen LogP contribution is 2.26. The summed E-state index contributed by atoms with van der Waals surface area (Å²) in [6.07, 6.45) is 7.16. The molecule has 2 heterocycles. The Morgan fingerprint density at radius 3 is 2.95 bits per heavy atom. The van der Waals surface area contributed by atoms with E-state index in [4.69, 9.17) is 15.0 Å². The minimum absolute atomic E-state index is 0.0844. The van der Waals surface area contributed by atoms with Gasteiger partial charge in [-0.1, -0.05) is 23.4 Å². The number of allylic oxidation sites excluding steroid dienone is 1. The summed E-state index contributed by atoms with van der Waals surface area (Å²) in [4.78, 5) is 8.57. The van der Waals surface area contributed by atoms with Crippen molar-refractivity contribution in [2.24, 2.45) is 5.73 Å². The summed E-state index contributed by atoms with van der Waals surface area (Å²) >= 11 is 0. The molecule has 3 rings (SSSR count). The topological polar surface area (TPSA) is 87.1 Å². The van der Waals surface area contributed by atoms with E-state index >= 15 is 0 Å². The van der Waals surface area contributed by atoms with Crippen molar-refractivity contribution < 1.29 is 9.26 Å². The van der Waals surface area contributed by atoms with Crippen molar-refractivity contribution in [1.29, 1.82) is 0 Å². The maximum absolute atomic E-state index is 5.82. The lowest BCUT2D eigenvalue weighted by Crippen LogP contribution is -2.14. The van der Waals surface area contributed by atoms with Crippen molar-refractivity contribution in [1.82, 2.24) is 15.1 Å². The first-order chi connectivity index (χ1) is 9.74. The van der Waals surface area contributed by atoms with Gasteiger partial charge in [-0.05, 0) is 12.0 Å². The predicted molar refractivity (Wildman–Crippen MR) is 72.4 cm³/mol. The Kier molecular flexibility index (Phi) is 3.47. The fourth-order valence-corrected chi connectivity index (χ4v) is 2.22. The molecule has 2 unspecified atom stereocenters. The predicted octanol–water partition coefficient (Wildman–Crippen LogP) is 1.43. The first kappa shape index (κ1) is 12.8. The summed E-state index contributed by atoms with van der Waals surface area (Å²) in [5.41, 5.74) is 6.83. The van der Waals surface area contributed by atoms with E-state index in [-0.39, 0.29) is 12.0 Å². The Morgan fingerprint density at radius 2 is 2.30 bits per heavy atom. The van der Waals surface area contributed by atoms with Gasteiger partial charge in [-0.15, -0.1) is 0 Å². The molecule has 0 aromatic carbocycles. The molecule has 0 spiro atoms. The van der Waals surface area contributed by atoms with Crippen LogP contribution in [0.2, 0.25) is 0 Å². The molecule has 0 radical (unpaired) electrons. The van der Waals surface area contributed by atoms with Gasteiger partial charge in [-0.3, -0.25) is 0 Å². The number of methoxy groups -OCH3 is 1. The van der Waals surface area contributed by atoms with Crippen molar-refractivity contribution in [3.8, 4) is 5.88 Å². The van der Waals surface area contributed by atoms with Gasteiger partial charge in [-0.2, -0.15) is 4.98 Å². The van der Waals surface area contributed by atoms with Gasteiger partial charge in [0, 0.05) is 24.7 Å². The number of hydrogen-bond acceptors (Lipinski definition) is 6. The molecular formula is C14H16N4O2. The maximum atomic E-state index is 5.82. The third-order valence-corrected chi connectivity index (χ3v) is 3.29. The lowest BCUT2D eigenvalue weighted by Gasteiger charge is -2.02. The average molecular weight is 272 g/mol. The van der Waals surface area contributed by atoms with Crippen LogP contribution >= 0.6 is 0 Å². The van der Waals surface area contributed by atoms with E-state index in [1.165, 1.54) is 0 Å². The van der Waals surface area contributed by atoms with Gasteiger partial charge < -0.3 is 15.0 Å². The lowest BCUT2D eigenvalue weighted by atomic mass is 10.1. The minimum atomic E-state index is 0.0844. The zero-order chi connectivity index (χ0) is 13.9. The number of nitrogens with zero attached hydrogens (tertiary/aromatic N) is 3. The van der Waals surface area contributed by atoms with Crippen LogP contribution in [0.25, 0.3) is 0 Å². The molecule has 0 aliphatic heterocycles. The van der Waals surface area contributed by atoms with E-state index in [1.54, 1.807) is 13.3 Å². The van der Waals surface area contributed by atoms with Crippen LogP contribution in [0.5, 0.6) is 5.88 Å². The van der Waals surface area contributed by atoms with Crippen molar-refractivity contribution in [2.45, 2.75) is 24.8 Å². The number of aromatic nitrogens is 3. The van der Waals surface area contributed by atoms with Gasteiger partial charge in [0.25, 0.3) is 0 Å². The van der Waals surface area contributed by atoms with Crippen LogP contribution in [0.15, 0.2) is 35.0 Å². The second kappa shape index (κ2) is 5.42. The molecule has 0 fully saturated rings. The Balaban J connectivity index is 1.69. The molecule has 2 N–H and O–H groups in total. The average Bonchev–Trinajstić information content (AvgIpc) is 3.09. The number of pyridine rings is 1. The molecular weight excluding hydrogens is 256 g/mol. The van der Waals surface area contributed by atoms with Crippen LogP contribution < -0.4 is 10.5 Å². The third-order valence-electron chi connectivity index (χ3n) is 3.29. The van der Waals surface area contributed by atoms with E-state index in [0.29, 0.717) is 24.0 Å². The standard InChI is InChI=1S/C14H16N4O2/c1-19-13-5-2-9(8-16-13)6-12-17-14(20-18-12)10-3-4-11(15)7-10/h2-5,8,10-11H,6-7,15H2,1H3. The largest absolute Gasteiger partial charge is 0.481 e. The van der Waals surface area contributed by atoms with Crippen LogP contribution in [-0.2, 0) is 6.42 Å². The van der Waals surface area contributed by atoms with Gasteiger partial charge in [0.1, 0.15) is 0 Å². The van der Waals surface area contributed by atoms with Crippen molar-refractivity contribution >= 4 is 0 Å². The summed E-state index contributed by atoms with van der Waals surface area (Å²) in [7, 11) is 1.59. The fraction of sp³-hybridized carbons (Fsp3) is 0.357. The molecule has 0 saturated heterocycles. The van der Waals surface area contributed by atoms with Crippen LogP contribution in [0, 0.1) is 0 Å². The molecule has 2 aromatic rings. The molecule has 1 aliphatic carbocycles. The summed E-state index contributed by atoms with van der Waals surface area (Å²) in [5.74, 6) is 2.01. The molecule has 6 heteroatoms. The van der Waals surface area contributed by atoms with Crippen LogP contribution in [0.1, 0.15) is 29.6 Å². The van der Waals surface area contributed by atoms with Gasteiger partial charge >= 0.3 is 0 Å². The van der Waals surface area contributed by atoms with Crippen molar-refractivity contribution in [3.05, 3.63) is 47.8 Å². The molecule has 2 atom stereocenters. The quantitative estimate of drug-likeness (QED) is 0.847. The number of nitrogens with two attached hydrogens (primary N) is 1. The molecule has 0 amide bonds. The number of ether oxygens (including phenoxy) is 1. The highest BCUT2D eigenvalue weighted by molar-refractivity contribution is 5.21. The van der Waals surface area contributed by atoms with E-state index in [2.05, 4.69) is 15.1 Å². The third kappa shape index (κ3) is 2.70. The zero-order valence-electron chi connectivity index (χ0n) is 11.2. The molecule has 6 nitrogen and oxygen atoms in total. The van der Waals surface area contributed by atoms with Crippen LogP contribution in [0.3, 0.4) is 0 Å². The Labute approximate surface area is 116 Å². The van der Waals surface area contributed by atoms with E-state index in [1.807, 2.05) is 24.3 Å². The maximum Gasteiger partial charge on any atom is 0.233 e. The zero-order valence-corrected chi connectivity index (χ0v) is 11.2. The molecule has 1 aliphatic rings. The van der Waals surface area contributed by atoms with Gasteiger partial charge in [0.15, 0.2) is 5.82 Å². The number of rotatable bonds is 4. The van der Waals surface area contributed by atoms with E-state index in [0.717, 1.165) is 12.0 Å². The fourth-order valence-electron chi connectivity index (χ4n) is 2.22. The number of hydrogen-bond donors (Lipinski definition) is 1. The Morgan fingerprint density at radius 1 is 1.40 bits per heavy atom. The second-order valence-corrected chi connectivity index (χ2v) is 4.83. The van der Waals surface area contributed by atoms with Crippen LogP contribution in [0.4, 0.5) is 0 Å². The minimum Gasteiger partial charge on any atom is -0.481 e. The van der Waals surface area contributed by atoms with Crippen molar-refractivity contribution in [3.63, 3.8) is 0 Å². The first-order valence-corrected chi connectivity index (χ1v) is 6.50. The van der Waals surface area contributed by atoms with Gasteiger partial charge in [-0.25, -0.2) is 4.98 Å². The van der Waals surface area contributed by atoms with Crippen molar-refractivity contribution in [2.75, 3.05) is 7.11 Å². The monoisotopic (exact) mass is 272 g/mol. The Bertz CT molecular complexity index is 606. The summed E-state index contributed by atoms with van der Waals surface area (Å²) in [6.45, 7) is 0. The lowest BCUT2D eigenvalue weighted by molar-refractivity contribution is 0.360. The highest BCUT2D eigenvalue weighted by Gasteiger charge is 2.22. The van der Waals surface area contributed by atoms with E-state index < -0.39 is 0 Å². The highest BCUT2D eigenvalue weighted by atomic mass is 16.5. The molecule has 104 valence electrons. The summed E-state index contributed by atoms with van der Waals surface area (Å²) < 4.78 is 10.3. The molecule has 0 bridgehead atoms.